The van der Waals surface area contributed by atoms with Gasteiger partial charge in [0.15, 0.2) is 0 Å². The number of hydrogen-bond acceptors (Lipinski definition) is 1. The van der Waals surface area contributed by atoms with Crippen LogP contribution in [0.5, 0.6) is 0 Å². The summed E-state index contributed by atoms with van der Waals surface area (Å²) in [5.74, 6) is -0.460. The Bertz CT molecular complexity index is 275. The summed E-state index contributed by atoms with van der Waals surface area (Å²) in [4.78, 5) is 11.3. The van der Waals surface area contributed by atoms with Gasteiger partial charge >= 0.3 is 0 Å². The highest BCUT2D eigenvalue weighted by Gasteiger charge is 2.33. The molecule has 5 heteroatoms. The number of rotatable bonds is 1. The molecule has 0 aromatic rings. The summed E-state index contributed by atoms with van der Waals surface area (Å²) in [6, 6.07) is 0. The smallest absolute Gasteiger partial charge is 0.253 e. The highest BCUT2D eigenvalue weighted by Crippen LogP contribution is 2.34. The molecule has 66 valence electrons. The van der Waals surface area contributed by atoms with Crippen molar-refractivity contribution >= 4 is 56.5 Å². The second-order valence-electron chi connectivity index (χ2n) is 2.29. The summed E-state index contributed by atoms with van der Waals surface area (Å²) < 4.78 is -0.989. The lowest BCUT2D eigenvalue weighted by Gasteiger charge is -2.08. The van der Waals surface area contributed by atoms with E-state index in [2.05, 4.69) is 15.9 Å². The molecular formula is C7H4BrCl3O. The van der Waals surface area contributed by atoms with Gasteiger partial charge in [-0.05, 0) is 12.5 Å². The summed E-state index contributed by atoms with van der Waals surface area (Å²) in [6.45, 7) is 0. The number of hydrogen-bond donors (Lipinski definition) is 0. The molecule has 0 heterocycles. The molecule has 0 saturated carbocycles. The Morgan fingerprint density at radius 2 is 2.08 bits per heavy atom. The minimum Gasteiger partial charge on any atom is -0.290 e. The molecule has 0 bridgehead atoms. The standard InChI is InChI=1S/C7H4BrCl3O/c8-5-2-1-4(3-5)6(12)7(9,10)11/h2-3H,1H2. The average molecular weight is 290 g/mol. The molecule has 0 aromatic heterocycles. The topological polar surface area (TPSA) is 17.1 Å². The van der Waals surface area contributed by atoms with E-state index in [-0.39, 0.29) is 0 Å². The minimum atomic E-state index is -1.84. The van der Waals surface area contributed by atoms with Crippen molar-refractivity contribution in [3.05, 3.63) is 22.2 Å². The van der Waals surface area contributed by atoms with Crippen molar-refractivity contribution in [3.8, 4) is 0 Å². The number of halogens is 4. The van der Waals surface area contributed by atoms with Gasteiger partial charge in [0.05, 0.1) is 0 Å². The van der Waals surface area contributed by atoms with Crippen LogP contribution >= 0.6 is 50.7 Å². The van der Waals surface area contributed by atoms with Gasteiger partial charge in [-0.25, -0.2) is 0 Å². The van der Waals surface area contributed by atoms with E-state index in [9.17, 15) is 4.79 Å². The third-order valence-electron chi connectivity index (χ3n) is 1.38. The molecule has 0 saturated heterocycles. The predicted octanol–water partition coefficient (Wildman–Crippen LogP) is 3.53. The maximum atomic E-state index is 11.3. The van der Waals surface area contributed by atoms with Crippen molar-refractivity contribution in [2.24, 2.45) is 0 Å². The largest absolute Gasteiger partial charge is 0.290 e. The summed E-state index contributed by atoms with van der Waals surface area (Å²) in [5.41, 5.74) is 0.516. The van der Waals surface area contributed by atoms with Crippen LogP contribution in [0.4, 0.5) is 0 Å². The van der Waals surface area contributed by atoms with Crippen LogP contribution in [0.15, 0.2) is 22.2 Å². The van der Waals surface area contributed by atoms with Crippen LogP contribution in [0.3, 0.4) is 0 Å². The molecule has 0 unspecified atom stereocenters. The number of carbonyl (C=O) groups excluding carboxylic acids is 1. The predicted molar refractivity (Wildman–Crippen MR) is 55.0 cm³/mol. The first-order valence-electron chi connectivity index (χ1n) is 3.09. The molecule has 0 aromatic carbocycles. The summed E-state index contributed by atoms with van der Waals surface area (Å²) in [6.07, 6.45) is 4.02. The van der Waals surface area contributed by atoms with E-state index in [1.807, 2.05) is 6.08 Å². The molecule has 1 rings (SSSR count). The Morgan fingerprint density at radius 1 is 1.50 bits per heavy atom. The maximum absolute atomic E-state index is 11.3. The van der Waals surface area contributed by atoms with Gasteiger partial charge in [-0.15, -0.1) is 0 Å². The Hall–Kier alpha value is 0.500. The van der Waals surface area contributed by atoms with Gasteiger partial charge in [-0.3, -0.25) is 4.79 Å². The second-order valence-corrected chi connectivity index (χ2v) is 5.49. The van der Waals surface area contributed by atoms with Gasteiger partial charge in [0.25, 0.3) is 3.79 Å². The highest BCUT2D eigenvalue weighted by atomic mass is 79.9. The normalized spacial score (nSPS) is 17.3. The van der Waals surface area contributed by atoms with E-state index >= 15 is 0 Å². The van der Waals surface area contributed by atoms with Gasteiger partial charge in [0.2, 0.25) is 5.78 Å². The number of Topliss-reactive ketones (excluding diaryl/α,β-unsaturated/α-hetero) is 1. The monoisotopic (exact) mass is 288 g/mol. The van der Waals surface area contributed by atoms with Crippen molar-refractivity contribution in [1.29, 1.82) is 0 Å². The zero-order chi connectivity index (χ0) is 9.35. The van der Waals surface area contributed by atoms with E-state index in [1.54, 1.807) is 6.08 Å². The first kappa shape index (κ1) is 10.6. The van der Waals surface area contributed by atoms with E-state index in [1.165, 1.54) is 0 Å². The van der Waals surface area contributed by atoms with E-state index in [4.69, 9.17) is 34.8 Å². The van der Waals surface area contributed by atoms with Crippen LogP contribution in [0.25, 0.3) is 0 Å². The molecule has 0 radical (unpaired) electrons. The van der Waals surface area contributed by atoms with Crippen LogP contribution in [-0.2, 0) is 4.79 Å². The first-order chi connectivity index (χ1) is 5.41. The Morgan fingerprint density at radius 3 is 2.42 bits per heavy atom. The number of ketones is 1. The van der Waals surface area contributed by atoms with Gasteiger partial charge in [-0.2, -0.15) is 0 Å². The fourth-order valence-corrected chi connectivity index (χ4v) is 1.63. The minimum absolute atomic E-state index is 0.460. The van der Waals surface area contributed by atoms with Crippen LogP contribution < -0.4 is 0 Å². The van der Waals surface area contributed by atoms with Gasteiger partial charge in [0.1, 0.15) is 0 Å². The third kappa shape index (κ3) is 2.49. The molecule has 0 aliphatic heterocycles. The van der Waals surface area contributed by atoms with Crippen molar-refractivity contribution in [1.82, 2.24) is 0 Å². The molecule has 0 amide bonds. The van der Waals surface area contributed by atoms with E-state index < -0.39 is 9.58 Å². The summed E-state index contributed by atoms with van der Waals surface area (Å²) in [5, 5.41) is 0. The van der Waals surface area contributed by atoms with Gasteiger partial charge in [0, 0.05) is 10.1 Å². The van der Waals surface area contributed by atoms with Gasteiger partial charge < -0.3 is 0 Å². The quantitative estimate of drug-likeness (QED) is 0.675. The molecule has 1 aliphatic carbocycles. The number of carbonyl (C=O) groups is 1. The number of allylic oxidation sites excluding steroid dienone is 4. The SMILES string of the molecule is O=C(C1=CC(Br)=CC1)C(Cl)(Cl)Cl. The molecular weight excluding hydrogens is 286 g/mol. The lowest BCUT2D eigenvalue weighted by molar-refractivity contribution is -0.114. The number of alkyl halides is 3. The van der Waals surface area contributed by atoms with Crippen molar-refractivity contribution < 1.29 is 4.79 Å². The second kappa shape index (κ2) is 3.70. The van der Waals surface area contributed by atoms with Crippen molar-refractivity contribution in [2.45, 2.75) is 10.2 Å². The average Bonchev–Trinajstić information content (AvgIpc) is 2.32. The van der Waals surface area contributed by atoms with Crippen molar-refractivity contribution in [3.63, 3.8) is 0 Å². The molecule has 0 spiro atoms. The summed E-state index contributed by atoms with van der Waals surface area (Å²) >= 11 is 19.5. The molecule has 1 aliphatic rings. The fourth-order valence-electron chi connectivity index (χ4n) is 0.832. The molecule has 0 fully saturated rings. The fraction of sp³-hybridized carbons (Fsp3) is 0.286. The van der Waals surface area contributed by atoms with Crippen LogP contribution in [0.1, 0.15) is 6.42 Å². The zero-order valence-electron chi connectivity index (χ0n) is 5.78. The molecule has 0 N–H and O–H groups in total. The highest BCUT2D eigenvalue weighted by molar-refractivity contribution is 9.11. The Kier molecular flexibility index (Phi) is 3.27. The lowest BCUT2D eigenvalue weighted by atomic mass is 10.1. The van der Waals surface area contributed by atoms with Crippen LogP contribution in [-0.4, -0.2) is 9.58 Å². The molecule has 12 heavy (non-hydrogen) atoms. The first-order valence-corrected chi connectivity index (χ1v) is 5.01. The zero-order valence-corrected chi connectivity index (χ0v) is 9.64. The Balaban J connectivity index is 2.76. The molecule has 0 atom stereocenters. The van der Waals surface area contributed by atoms with Crippen LogP contribution in [0.2, 0.25) is 0 Å². The third-order valence-corrected chi connectivity index (χ3v) is 2.45. The summed E-state index contributed by atoms with van der Waals surface area (Å²) in [7, 11) is 0. The van der Waals surface area contributed by atoms with Crippen molar-refractivity contribution in [2.75, 3.05) is 0 Å². The Labute approximate surface area is 93.5 Å². The van der Waals surface area contributed by atoms with Crippen LogP contribution in [0, 0.1) is 0 Å². The maximum Gasteiger partial charge on any atom is 0.253 e. The van der Waals surface area contributed by atoms with E-state index in [0.717, 1.165) is 4.48 Å². The molecule has 1 nitrogen and oxygen atoms in total. The lowest BCUT2D eigenvalue weighted by Crippen LogP contribution is -2.20. The van der Waals surface area contributed by atoms with Gasteiger partial charge in [-0.1, -0.05) is 56.8 Å². The van der Waals surface area contributed by atoms with E-state index in [0.29, 0.717) is 12.0 Å².